The number of carbonyl (C=O) groups excluding carboxylic acids is 1. The van der Waals surface area contributed by atoms with Crippen molar-refractivity contribution in [2.45, 2.75) is 126 Å². The standard InChI is InChI=1S/C32H52O2/c1-9-24(20(2)3)11-10-21(4)26-14-15-28-25-12-13-27-22(5)30(34-23(6)33)17-19-32(27,8)29(25)16-18-31(26,28)7/h9,20-22,26-28,30H,10-19H2,1-8H3. The Morgan fingerprint density at radius 3 is 2.47 bits per heavy atom. The van der Waals surface area contributed by atoms with Gasteiger partial charge in [-0.3, -0.25) is 4.79 Å². The van der Waals surface area contributed by atoms with Crippen molar-refractivity contribution in [3.63, 3.8) is 0 Å². The quantitative estimate of drug-likeness (QED) is 0.287. The van der Waals surface area contributed by atoms with Crippen molar-refractivity contribution in [2.24, 2.45) is 46.3 Å². The van der Waals surface area contributed by atoms with Crippen LogP contribution < -0.4 is 0 Å². The Balaban J connectivity index is 1.52. The first-order valence-electron chi connectivity index (χ1n) is 14.6. The van der Waals surface area contributed by atoms with E-state index in [9.17, 15) is 4.79 Å². The highest BCUT2D eigenvalue weighted by Gasteiger charge is 2.57. The fourth-order valence-electron chi connectivity index (χ4n) is 9.61. The summed E-state index contributed by atoms with van der Waals surface area (Å²) < 4.78 is 5.76. The lowest BCUT2D eigenvalue weighted by atomic mass is 9.49. The van der Waals surface area contributed by atoms with Crippen LogP contribution in [0.1, 0.15) is 120 Å². The predicted octanol–water partition coefficient (Wildman–Crippen LogP) is 8.91. The highest BCUT2D eigenvalue weighted by molar-refractivity contribution is 5.66. The second kappa shape index (κ2) is 9.78. The van der Waals surface area contributed by atoms with Crippen molar-refractivity contribution in [1.82, 2.24) is 0 Å². The van der Waals surface area contributed by atoms with Crippen molar-refractivity contribution >= 4 is 5.97 Å². The van der Waals surface area contributed by atoms with E-state index in [-0.39, 0.29) is 12.1 Å². The van der Waals surface area contributed by atoms with Crippen LogP contribution in [0.25, 0.3) is 0 Å². The lowest BCUT2D eigenvalue weighted by Crippen LogP contribution is -2.49. The van der Waals surface area contributed by atoms with Crippen LogP contribution in [0.5, 0.6) is 0 Å². The van der Waals surface area contributed by atoms with Gasteiger partial charge in [-0.15, -0.1) is 0 Å². The molecule has 2 saturated carbocycles. The molecule has 0 N–H and O–H groups in total. The predicted molar refractivity (Wildman–Crippen MR) is 142 cm³/mol. The van der Waals surface area contributed by atoms with E-state index in [2.05, 4.69) is 54.5 Å². The van der Waals surface area contributed by atoms with Crippen molar-refractivity contribution in [3.05, 3.63) is 22.8 Å². The van der Waals surface area contributed by atoms with Gasteiger partial charge in [0.05, 0.1) is 0 Å². The molecule has 8 unspecified atom stereocenters. The smallest absolute Gasteiger partial charge is 0.302 e. The molecule has 0 aromatic rings. The van der Waals surface area contributed by atoms with Crippen LogP contribution in [0.2, 0.25) is 0 Å². The SMILES string of the molecule is CC=C(CCC(C)C1CCC2C3=C(CCC21C)C1(C)CCC(OC(C)=O)C(C)C1CC3)C(C)C. The van der Waals surface area contributed by atoms with Crippen LogP contribution in [0, 0.1) is 46.3 Å². The van der Waals surface area contributed by atoms with Gasteiger partial charge in [-0.05, 0) is 117 Å². The molecule has 4 aliphatic carbocycles. The summed E-state index contributed by atoms with van der Waals surface area (Å²) in [5.41, 5.74) is 6.20. The topological polar surface area (TPSA) is 26.3 Å². The Morgan fingerprint density at radius 2 is 1.82 bits per heavy atom. The molecule has 0 spiro atoms. The molecule has 0 radical (unpaired) electrons. The number of fused-ring (bicyclic) bond motifs is 4. The normalized spacial score (nSPS) is 41.1. The van der Waals surface area contributed by atoms with E-state index in [1.165, 1.54) is 57.8 Å². The van der Waals surface area contributed by atoms with Crippen LogP contribution in [0.4, 0.5) is 0 Å². The maximum absolute atomic E-state index is 11.7. The van der Waals surface area contributed by atoms with Crippen molar-refractivity contribution in [3.8, 4) is 0 Å². The zero-order chi connectivity index (χ0) is 24.8. The van der Waals surface area contributed by atoms with Crippen LogP contribution >= 0.6 is 0 Å². The van der Waals surface area contributed by atoms with Gasteiger partial charge < -0.3 is 4.74 Å². The van der Waals surface area contributed by atoms with Gasteiger partial charge in [-0.25, -0.2) is 0 Å². The summed E-state index contributed by atoms with van der Waals surface area (Å²) in [5.74, 6) is 4.22. The monoisotopic (exact) mass is 468 g/mol. The third-order valence-electron chi connectivity index (χ3n) is 11.5. The first-order chi connectivity index (χ1) is 16.0. The number of allylic oxidation sites excluding steroid dienone is 4. The number of carbonyl (C=O) groups is 1. The molecular weight excluding hydrogens is 416 g/mol. The summed E-state index contributed by atoms with van der Waals surface area (Å²) in [6, 6.07) is 0. The number of hydrogen-bond donors (Lipinski definition) is 0. The lowest BCUT2D eigenvalue weighted by Gasteiger charge is -2.57. The molecule has 0 saturated heterocycles. The Morgan fingerprint density at radius 1 is 1.09 bits per heavy atom. The van der Waals surface area contributed by atoms with Gasteiger partial charge >= 0.3 is 5.97 Å². The molecule has 0 aromatic carbocycles. The first-order valence-corrected chi connectivity index (χ1v) is 14.6. The van der Waals surface area contributed by atoms with Gasteiger partial charge in [0.2, 0.25) is 0 Å². The molecule has 34 heavy (non-hydrogen) atoms. The van der Waals surface area contributed by atoms with E-state index < -0.39 is 0 Å². The van der Waals surface area contributed by atoms with E-state index >= 15 is 0 Å². The Hall–Kier alpha value is -1.05. The largest absolute Gasteiger partial charge is 0.462 e. The molecule has 192 valence electrons. The number of esters is 1. The van der Waals surface area contributed by atoms with E-state index in [1.54, 1.807) is 12.5 Å². The molecule has 4 rings (SSSR count). The molecule has 2 heteroatoms. The van der Waals surface area contributed by atoms with Gasteiger partial charge in [0, 0.05) is 6.92 Å². The lowest BCUT2D eigenvalue weighted by molar-refractivity contribution is -0.155. The highest BCUT2D eigenvalue weighted by Crippen LogP contribution is 2.66. The Labute approximate surface area is 210 Å². The Bertz CT molecular complexity index is 834. The summed E-state index contributed by atoms with van der Waals surface area (Å²) in [6.07, 6.45) is 15.5. The van der Waals surface area contributed by atoms with Gasteiger partial charge in [-0.2, -0.15) is 0 Å². The molecule has 8 atom stereocenters. The van der Waals surface area contributed by atoms with E-state index in [1.807, 2.05) is 11.1 Å². The highest BCUT2D eigenvalue weighted by atomic mass is 16.5. The van der Waals surface area contributed by atoms with Gasteiger partial charge in [0.25, 0.3) is 0 Å². The number of hydrogen-bond acceptors (Lipinski definition) is 2. The molecule has 4 aliphatic rings. The Kier molecular flexibility index (Phi) is 7.48. The minimum Gasteiger partial charge on any atom is -0.462 e. The molecule has 2 nitrogen and oxygen atoms in total. The summed E-state index contributed by atoms with van der Waals surface area (Å²) in [4.78, 5) is 11.7. The van der Waals surface area contributed by atoms with Gasteiger partial charge in [-0.1, -0.05) is 64.3 Å². The minimum atomic E-state index is -0.106. The fourth-order valence-corrected chi connectivity index (χ4v) is 9.61. The zero-order valence-corrected chi connectivity index (χ0v) is 23.5. The molecule has 0 bridgehead atoms. The summed E-state index contributed by atoms with van der Waals surface area (Å²) in [5, 5.41) is 0. The van der Waals surface area contributed by atoms with Crippen LogP contribution in [-0.4, -0.2) is 12.1 Å². The third kappa shape index (κ3) is 4.34. The molecular formula is C32H52O2. The minimum absolute atomic E-state index is 0.106. The zero-order valence-electron chi connectivity index (χ0n) is 23.5. The van der Waals surface area contributed by atoms with E-state index in [4.69, 9.17) is 4.74 Å². The molecule has 0 heterocycles. The summed E-state index contributed by atoms with van der Waals surface area (Å²) in [6.45, 7) is 18.7. The second-order valence-electron chi connectivity index (χ2n) is 13.4. The van der Waals surface area contributed by atoms with Crippen LogP contribution in [0.15, 0.2) is 22.8 Å². The van der Waals surface area contributed by atoms with Gasteiger partial charge in [0.1, 0.15) is 6.10 Å². The molecule has 0 aliphatic heterocycles. The summed E-state index contributed by atoms with van der Waals surface area (Å²) in [7, 11) is 0. The van der Waals surface area contributed by atoms with Gasteiger partial charge in [0.15, 0.2) is 0 Å². The van der Waals surface area contributed by atoms with Crippen LogP contribution in [0.3, 0.4) is 0 Å². The number of ether oxygens (including phenoxy) is 1. The average Bonchev–Trinajstić information content (AvgIpc) is 3.13. The molecule has 0 aromatic heterocycles. The van der Waals surface area contributed by atoms with Crippen LogP contribution in [-0.2, 0) is 9.53 Å². The maximum Gasteiger partial charge on any atom is 0.302 e. The third-order valence-corrected chi connectivity index (χ3v) is 11.5. The van der Waals surface area contributed by atoms with Crippen molar-refractivity contribution < 1.29 is 9.53 Å². The fraction of sp³-hybridized carbons (Fsp3) is 0.844. The first kappa shape index (κ1) is 26.0. The van der Waals surface area contributed by atoms with E-state index in [0.29, 0.717) is 28.6 Å². The second-order valence-corrected chi connectivity index (χ2v) is 13.4. The number of rotatable bonds is 6. The van der Waals surface area contributed by atoms with Crippen molar-refractivity contribution in [1.29, 1.82) is 0 Å². The molecule has 0 amide bonds. The summed E-state index contributed by atoms with van der Waals surface area (Å²) >= 11 is 0. The van der Waals surface area contributed by atoms with Crippen molar-refractivity contribution in [2.75, 3.05) is 0 Å². The molecule has 2 fully saturated rings. The maximum atomic E-state index is 11.7. The average molecular weight is 469 g/mol. The van der Waals surface area contributed by atoms with E-state index in [0.717, 1.165) is 24.2 Å².